The molecule has 0 aliphatic carbocycles. The first kappa shape index (κ1) is 18.4. The molecule has 1 saturated heterocycles. The molecule has 2 rings (SSSR count). The first-order valence-corrected chi connectivity index (χ1v) is 8.27. The van der Waals surface area contributed by atoms with Gasteiger partial charge in [0, 0.05) is 26.2 Å². The van der Waals surface area contributed by atoms with Crippen LogP contribution in [0, 0.1) is 0 Å². The van der Waals surface area contributed by atoms with Gasteiger partial charge in [0.1, 0.15) is 5.41 Å². The minimum Gasteiger partial charge on any atom is -0.481 e. The first-order chi connectivity index (χ1) is 11.5. The predicted molar refractivity (Wildman–Crippen MR) is 88.8 cm³/mol. The van der Waals surface area contributed by atoms with Crippen LogP contribution in [0.15, 0.2) is 30.3 Å². The van der Waals surface area contributed by atoms with Crippen molar-refractivity contribution < 1.29 is 24.2 Å². The summed E-state index contributed by atoms with van der Waals surface area (Å²) in [4.78, 5) is 23.6. The summed E-state index contributed by atoms with van der Waals surface area (Å²) in [7, 11) is 0. The molecule has 0 aromatic heterocycles. The van der Waals surface area contributed by atoms with Crippen LogP contribution in [0.1, 0.15) is 31.7 Å². The van der Waals surface area contributed by atoms with E-state index in [2.05, 4.69) is 5.32 Å². The van der Waals surface area contributed by atoms with Crippen LogP contribution >= 0.6 is 0 Å². The predicted octanol–water partition coefficient (Wildman–Crippen LogP) is 1.73. The van der Waals surface area contributed by atoms with E-state index < -0.39 is 11.4 Å². The molecule has 132 valence electrons. The van der Waals surface area contributed by atoms with Gasteiger partial charge in [0.2, 0.25) is 5.91 Å². The molecular formula is C18H25NO5. The molecule has 0 bridgehead atoms. The second-order valence-electron chi connectivity index (χ2n) is 6.21. The molecule has 2 N–H and O–H groups in total. The van der Waals surface area contributed by atoms with Gasteiger partial charge in [-0.05, 0) is 25.3 Å². The van der Waals surface area contributed by atoms with Crippen molar-refractivity contribution in [3.8, 4) is 0 Å². The van der Waals surface area contributed by atoms with E-state index in [0.717, 1.165) is 12.8 Å². The Morgan fingerprint density at radius 3 is 2.58 bits per heavy atom. The topological polar surface area (TPSA) is 84.9 Å². The molecule has 1 atom stereocenters. The summed E-state index contributed by atoms with van der Waals surface area (Å²) in [6.45, 7) is 3.40. The summed E-state index contributed by atoms with van der Waals surface area (Å²) in [5.74, 6) is -1.17. The van der Waals surface area contributed by atoms with Crippen molar-refractivity contribution in [1.82, 2.24) is 5.32 Å². The van der Waals surface area contributed by atoms with Crippen molar-refractivity contribution in [2.45, 2.75) is 37.7 Å². The van der Waals surface area contributed by atoms with E-state index in [0.29, 0.717) is 25.4 Å². The maximum absolute atomic E-state index is 12.0. The Balaban J connectivity index is 1.79. The Labute approximate surface area is 142 Å². The first-order valence-electron chi connectivity index (χ1n) is 8.27. The smallest absolute Gasteiger partial charge is 0.315 e. The molecule has 0 radical (unpaired) electrons. The number of amides is 1. The van der Waals surface area contributed by atoms with Crippen LogP contribution in [0.2, 0.25) is 0 Å². The normalized spacial score (nSPS) is 17.9. The summed E-state index contributed by atoms with van der Waals surface area (Å²) in [6.07, 6.45) is 2.08. The summed E-state index contributed by atoms with van der Waals surface area (Å²) < 4.78 is 10.9. The molecule has 1 aromatic rings. The number of rotatable bonds is 8. The quantitative estimate of drug-likeness (QED) is 0.756. The molecule has 1 unspecified atom stereocenters. The van der Waals surface area contributed by atoms with Crippen molar-refractivity contribution in [2.24, 2.45) is 0 Å². The van der Waals surface area contributed by atoms with E-state index in [1.807, 2.05) is 6.07 Å². The van der Waals surface area contributed by atoms with Crippen molar-refractivity contribution in [3.05, 3.63) is 35.9 Å². The molecule has 1 amide bonds. The summed E-state index contributed by atoms with van der Waals surface area (Å²) >= 11 is 0. The maximum atomic E-state index is 12.0. The highest BCUT2D eigenvalue weighted by Crippen LogP contribution is 2.23. The lowest BCUT2D eigenvalue weighted by molar-refractivity contribution is -0.143. The van der Waals surface area contributed by atoms with Gasteiger partial charge in [-0.1, -0.05) is 30.3 Å². The van der Waals surface area contributed by atoms with E-state index >= 15 is 0 Å². The number of carboxylic acid groups (broad SMARTS) is 1. The number of hydrogen-bond acceptors (Lipinski definition) is 4. The summed E-state index contributed by atoms with van der Waals surface area (Å²) in [5.41, 5.74) is -0.491. The fourth-order valence-electron chi connectivity index (χ4n) is 2.63. The Morgan fingerprint density at radius 2 is 1.96 bits per heavy atom. The van der Waals surface area contributed by atoms with Gasteiger partial charge in [0.15, 0.2) is 0 Å². The average Bonchev–Trinajstić information content (AvgIpc) is 2.61. The van der Waals surface area contributed by atoms with Gasteiger partial charge in [-0.15, -0.1) is 0 Å². The summed E-state index contributed by atoms with van der Waals surface area (Å²) in [5, 5.41) is 12.3. The molecule has 6 heteroatoms. The fourth-order valence-corrected chi connectivity index (χ4v) is 2.63. The van der Waals surface area contributed by atoms with Crippen LogP contribution in [-0.2, 0) is 24.5 Å². The van der Waals surface area contributed by atoms with E-state index in [1.54, 1.807) is 31.2 Å². The van der Waals surface area contributed by atoms with Crippen molar-refractivity contribution in [1.29, 1.82) is 0 Å². The number of aliphatic carboxylic acids is 1. The number of benzene rings is 1. The van der Waals surface area contributed by atoms with E-state index in [4.69, 9.17) is 9.47 Å². The van der Waals surface area contributed by atoms with Crippen molar-refractivity contribution in [3.63, 3.8) is 0 Å². The van der Waals surface area contributed by atoms with Gasteiger partial charge < -0.3 is 19.9 Å². The largest absolute Gasteiger partial charge is 0.481 e. The van der Waals surface area contributed by atoms with E-state index in [-0.39, 0.29) is 25.0 Å². The van der Waals surface area contributed by atoms with E-state index in [1.165, 1.54) is 0 Å². The summed E-state index contributed by atoms with van der Waals surface area (Å²) in [6, 6.07) is 8.93. The molecule has 0 spiro atoms. The number of carbonyl (C=O) groups excluding carboxylic acids is 1. The third-order valence-corrected chi connectivity index (χ3v) is 4.37. The molecule has 1 aliphatic rings. The van der Waals surface area contributed by atoms with E-state index in [9.17, 15) is 14.7 Å². The molecule has 1 aliphatic heterocycles. The Bertz CT molecular complexity index is 542. The molecule has 1 aromatic carbocycles. The highest BCUT2D eigenvalue weighted by molar-refractivity contribution is 5.83. The third kappa shape index (κ3) is 5.04. The SMILES string of the molecule is CC(CNC(=O)CCOC1CCOCC1)(C(=O)O)c1ccccc1. The lowest BCUT2D eigenvalue weighted by atomic mass is 9.82. The van der Waals surface area contributed by atoms with Crippen LogP contribution in [0.3, 0.4) is 0 Å². The number of ether oxygens (including phenoxy) is 2. The van der Waals surface area contributed by atoms with Crippen molar-refractivity contribution in [2.75, 3.05) is 26.4 Å². The van der Waals surface area contributed by atoms with Crippen LogP contribution in [0.5, 0.6) is 0 Å². The molecule has 0 saturated carbocycles. The minimum absolute atomic E-state index is 0.0441. The zero-order valence-corrected chi connectivity index (χ0v) is 14.0. The number of carboxylic acids is 1. The average molecular weight is 335 g/mol. The monoisotopic (exact) mass is 335 g/mol. The Hall–Kier alpha value is -1.92. The second kappa shape index (κ2) is 8.80. The highest BCUT2D eigenvalue weighted by atomic mass is 16.5. The molecule has 6 nitrogen and oxygen atoms in total. The second-order valence-corrected chi connectivity index (χ2v) is 6.21. The fraction of sp³-hybridized carbons (Fsp3) is 0.556. The van der Waals surface area contributed by atoms with Crippen LogP contribution in [0.4, 0.5) is 0 Å². The van der Waals surface area contributed by atoms with Gasteiger partial charge in [0.05, 0.1) is 12.7 Å². The number of carbonyl (C=O) groups is 2. The molecule has 1 heterocycles. The zero-order valence-electron chi connectivity index (χ0n) is 14.0. The lowest BCUT2D eigenvalue weighted by Crippen LogP contribution is -2.44. The minimum atomic E-state index is -1.15. The van der Waals surface area contributed by atoms with Gasteiger partial charge >= 0.3 is 5.97 Å². The van der Waals surface area contributed by atoms with Crippen LogP contribution in [-0.4, -0.2) is 49.5 Å². The molecular weight excluding hydrogens is 310 g/mol. The standard InChI is InChI=1S/C18H25NO5/c1-18(17(21)22,14-5-3-2-4-6-14)13-19-16(20)9-12-24-15-7-10-23-11-8-15/h2-6,15H,7-13H2,1H3,(H,19,20)(H,21,22). The number of hydrogen-bond donors (Lipinski definition) is 2. The third-order valence-electron chi connectivity index (χ3n) is 4.37. The highest BCUT2D eigenvalue weighted by Gasteiger charge is 2.35. The lowest BCUT2D eigenvalue weighted by Gasteiger charge is -2.26. The van der Waals surface area contributed by atoms with Crippen LogP contribution < -0.4 is 5.32 Å². The molecule has 1 fully saturated rings. The zero-order chi connectivity index (χ0) is 17.4. The van der Waals surface area contributed by atoms with Gasteiger partial charge in [0.25, 0.3) is 0 Å². The van der Waals surface area contributed by atoms with Gasteiger partial charge in [-0.2, -0.15) is 0 Å². The van der Waals surface area contributed by atoms with Gasteiger partial charge in [-0.25, -0.2) is 0 Å². The van der Waals surface area contributed by atoms with Gasteiger partial charge in [-0.3, -0.25) is 9.59 Å². The maximum Gasteiger partial charge on any atom is 0.315 e. The molecule has 24 heavy (non-hydrogen) atoms. The Morgan fingerprint density at radius 1 is 1.29 bits per heavy atom. The van der Waals surface area contributed by atoms with Crippen LogP contribution in [0.25, 0.3) is 0 Å². The van der Waals surface area contributed by atoms with Crippen molar-refractivity contribution >= 4 is 11.9 Å². The Kier molecular flexibility index (Phi) is 6.75. The number of nitrogens with one attached hydrogen (secondary N) is 1.